The first-order valence-corrected chi connectivity index (χ1v) is 6.54. The third-order valence-corrected chi connectivity index (χ3v) is 3.50. The molecule has 0 saturated heterocycles. The third kappa shape index (κ3) is 3.08. The molecule has 1 unspecified atom stereocenters. The summed E-state index contributed by atoms with van der Waals surface area (Å²) < 4.78 is 0. The lowest BCUT2D eigenvalue weighted by Crippen LogP contribution is -2.22. The Labute approximate surface area is 122 Å². The normalized spacial score (nSPS) is 11.9. The molecule has 1 atom stereocenters. The Balaban J connectivity index is 2.28. The number of rotatable bonds is 4. The first kappa shape index (κ1) is 14.3. The first-order chi connectivity index (χ1) is 9.49. The molecule has 20 heavy (non-hydrogen) atoms. The molecule has 0 radical (unpaired) electrons. The Morgan fingerprint density at radius 3 is 2.75 bits per heavy atom. The Morgan fingerprint density at radius 1 is 1.35 bits per heavy atom. The average Bonchev–Trinajstić information content (AvgIpc) is 2.45. The van der Waals surface area contributed by atoms with Crippen molar-refractivity contribution in [1.29, 1.82) is 0 Å². The molecule has 104 valence electrons. The molecule has 1 N–H and O–H groups in total. The van der Waals surface area contributed by atoms with Gasteiger partial charge in [-0.1, -0.05) is 23.7 Å². The smallest absolute Gasteiger partial charge is 0.335 e. The molecule has 0 aliphatic heterocycles. The van der Waals surface area contributed by atoms with Gasteiger partial charge in [0.25, 0.3) is 0 Å². The van der Waals surface area contributed by atoms with Crippen LogP contribution in [0.4, 0.5) is 5.82 Å². The molecule has 1 aromatic carbocycles. The molecule has 0 spiro atoms. The highest BCUT2D eigenvalue weighted by molar-refractivity contribution is 6.30. The molecule has 4 nitrogen and oxygen atoms in total. The number of pyridine rings is 1. The van der Waals surface area contributed by atoms with Crippen LogP contribution in [0.5, 0.6) is 0 Å². The van der Waals surface area contributed by atoms with Crippen LogP contribution >= 0.6 is 11.6 Å². The molecule has 2 aromatic rings. The van der Waals surface area contributed by atoms with Gasteiger partial charge < -0.3 is 10.0 Å². The summed E-state index contributed by atoms with van der Waals surface area (Å²) >= 11 is 5.99. The highest BCUT2D eigenvalue weighted by Crippen LogP contribution is 2.25. The fourth-order valence-corrected chi connectivity index (χ4v) is 2.13. The van der Waals surface area contributed by atoms with Crippen molar-refractivity contribution in [3.63, 3.8) is 0 Å². The van der Waals surface area contributed by atoms with Gasteiger partial charge >= 0.3 is 5.97 Å². The van der Waals surface area contributed by atoms with E-state index in [0.29, 0.717) is 10.8 Å². The van der Waals surface area contributed by atoms with Gasteiger partial charge in [0.2, 0.25) is 0 Å². The number of benzene rings is 1. The molecule has 5 heteroatoms. The van der Waals surface area contributed by atoms with Crippen molar-refractivity contribution < 1.29 is 9.90 Å². The molecule has 0 fully saturated rings. The third-order valence-electron chi connectivity index (χ3n) is 3.27. The second-order valence-corrected chi connectivity index (χ2v) is 4.99. The summed E-state index contributed by atoms with van der Waals surface area (Å²) in [6.07, 6.45) is 1.50. The van der Waals surface area contributed by atoms with Crippen LogP contribution < -0.4 is 4.90 Å². The van der Waals surface area contributed by atoms with E-state index in [1.165, 1.54) is 12.3 Å². The van der Waals surface area contributed by atoms with E-state index in [1.54, 1.807) is 6.07 Å². The highest BCUT2D eigenvalue weighted by atomic mass is 35.5. The van der Waals surface area contributed by atoms with Crippen molar-refractivity contribution in [2.75, 3.05) is 11.9 Å². The van der Waals surface area contributed by atoms with Crippen molar-refractivity contribution >= 4 is 23.4 Å². The number of carboxylic acids is 1. The fourth-order valence-electron chi connectivity index (χ4n) is 1.93. The van der Waals surface area contributed by atoms with Crippen LogP contribution in [0.15, 0.2) is 42.6 Å². The summed E-state index contributed by atoms with van der Waals surface area (Å²) in [4.78, 5) is 17.1. The number of carboxylic acid groups (broad SMARTS) is 1. The van der Waals surface area contributed by atoms with Crippen LogP contribution in [0.2, 0.25) is 5.02 Å². The molecule has 0 aliphatic rings. The molecule has 2 rings (SSSR count). The summed E-state index contributed by atoms with van der Waals surface area (Å²) in [6, 6.07) is 10.7. The van der Waals surface area contributed by atoms with Crippen LogP contribution in [-0.2, 0) is 0 Å². The minimum absolute atomic E-state index is 0.0326. The Morgan fingerprint density at radius 2 is 2.10 bits per heavy atom. The second kappa shape index (κ2) is 5.92. The van der Waals surface area contributed by atoms with Gasteiger partial charge in [-0.05, 0) is 36.8 Å². The van der Waals surface area contributed by atoms with Gasteiger partial charge in [0.1, 0.15) is 5.82 Å². The van der Waals surface area contributed by atoms with E-state index in [9.17, 15) is 4.79 Å². The summed E-state index contributed by atoms with van der Waals surface area (Å²) in [7, 11) is 1.87. The summed E-state index contributed by atoms with van der Waals surface area (Å²) in [6.45, 7) is 2.01. The lowest BCUT2D eigenvalue weighted by Gasteiger charge is -2.26. The molecule has 1 aromatic heterocycles. The van der Waals surface area contributed by atoms with Crippen molar-refractivity contribution in [3.8, 4) is 0 Å². The average molecular weight is 291 g/mol. The van der Waals surface area contributed by atoms with E-state index in [4.69, 9.17) is 16.7 Å². The van der Waals surface area contributed by atoms with Gasteiger partial charge in [0, 0.05) is 18.3 Å². The molecular formula is C15H15ClN2O2. The van der Waals surface area contributed by atoms with E-state index < -0.39 is 5.97 Å². The van der Waals surface area contributed by atoms with Crippen LogP contribution in [0.1, 0.15) is 28.9 Å². The molecular weight excluding hydrogens is 276 g/mol. The van der Waals surface area contributed by atoms with Gasteiger partial charge in [-0.3, -0.25) is 0 Å². The fraction of sp³-hybridized carbons (Fsp3) is 0.200. The van der Waals surface area contributed by atoms with Crippen molar-refractivity contribution in [2.24, 2.45) is 0 Å². The predicted octanol–water partition coefficient (Wildman–Crippen LogP) is 3.63. The van der Waals surface area contributed by atoms with E-state index >= 15 is 0 Å². The lowest BCUT2D eigenvalue weighted by molar-refractivity contribution is 0.0697. The minimum Gasteiger partial charge on any atom is -0.478 e. The maximum atomic E-state index is 11.0. The van der Waals surface area contributed by atoms with E-state index in [2.05, 4.69) is 4.98 Å². The topological polar surface area (TPSA) is 53.4 Å². The van der Waals surface area contributed by atoms with Crippen LogP contribution in [0.25, 0.3) is 0 Å². The number of hydrogen-bond acceptors (Lipinski definition) is 3. The molecule has 0 bridgehead atoms. The maximum Gasteiger partial charge on any atom is 0.335 e. The number of anilines is 1. The Bertz CT molecular complexity index is 631. The summed E-state index contributed by atoms with van der Waals surface area (Å²) in [5.41, 5.74) is 1.27. The number of carbonyl (C=O) groups is 1. The van der Waals surface area contributed by atoms with E-state index in [0.717, 1.165) is 5.56 Å². The zero-order valence-electron chi connectivity index (χ0n) is 11.2. The lowest BCUT2D eigenvalue weighted by atomic mass is 10.1. The second-order valence-electron chi connectivity index (χ2n) is 4.55. The Hall–Kier alpha value is -2.07. The summed E-state index contributed by atoms with van der Waals surface area (Å²) in [5.74, 6) is -0.352. The standard InChI is InChI=1S/C15H15ClN2O2/c1-10(11-4-3-5-13(16)8-11)18(2)14-9-12(15(19)20)6-7-17-14/h3-10H,1-2H3,(H,19,20). The van der Waals surface area contributed by atoms with E-state index in [1.807, 2.05) is 43.1 Å². The zero-order valence-corrected chi connectivity index (χ0v) is 12.0. The zero-order chi connectivity index (χ0) is 14.7. The molecule has 0 saturated carbocycles. The molecule has 0 aliphatic carbocycles. The quantitative estimate of drug-likeness (QED) is 0.934. The van der Waals surface area contributed by atoms with Crippen LogP contribution in [0.3, 0.4) is 0 Å². The number of aromatic nitrogens is 1. The number of halogens is 1. The number of nitrogens with zero attached hydrogens (tertiary/aromatic N) is 2. The van der Waals surface area contributed by atoms with Gasteiger partial charge in [-0.2, -0.15) is 0 Å². The predicted molar refractivity (Wildman–Crippen MR) is 79.5 cm³/mol. The molecule has 1 heterocycles. The van der Waals surface area contributed by atoms with Crippen molar-refractivity contribution in [1.82, 2.24) is 4.98 Å². The number of hydrogen-bond donors (Lipinski definition) is 1. The van der Waals surface area contributed by atoms with Gasteiger partial charge in [-0.25, -0.2) is 9.78 Å². The van der Waals surface area contributed by atoms with Crippen molar-refractivity contribution in [2.45, 2.75) is 13.0 Å². The van der Waals surface area contributed by atoms with Gasteiger partial charge in [0.15, 0.2) is 0 Å². The van der Waals surface area contributed by atoms with Crippen molar-refractivity contribution in [3.05, 3.63) is 58.7 Å². The van der Waals surface area contributed by atoms with E-state index in [-0.39, 0.29) is 11.6 Å². The van der Waals surface area contributed by atoms with Gasteiger partial charge in [-0.15, -0.1) is 0 Å². The largest absolute Gasteiger partial charge is 0.478 e. The Kier molecular flexibility index (Phi) is 4.25. The highest BCUT2D eigenvalue weighted by Gasteiger charge is 2.15. The van der Waals surface area contributed by atoms with Crippen LogP contribution in [0, 0.1) is 0 Å². The minimum atomic E-state index is -0.961. The monoisotopic (exact) mass is 290 g/mol. The number of aromatic carboxylic acids is 1. The summed E-state index contributed by atoms with van der Waals surface area (Å²) in [5, 5.41) is 9.70. The van der Waals surface area contributed by atoms with Crippen LogP contribution in [-0.4, -0.2) is 23.1 Å². The first-order valence-electron chi connectivity index (χ1n) is 6.16. The SMILES string of the molecule is CC(c1cccc(Cl)c1)N(C)c1cc(C(=O)O)ccn1. The maximum absolute atomic E-state index is 11.0. The van der Waals surface area contributed by atoms with Gasteiger partial charge in [0.05, 0.1) is 11.6 Å². The molecule has 0 amide bonds.